The van der Waals surface area contributed by atoms with Gasteiger partial charge < -0.3 is 10.1 Å². The molecule has 112 valence electrons. The topological polar surface area (TPSA) is 79.2 Å². The van der Waals surface area contributed by atoms with Crippen LogP contribution in [-0.4, -0.2) is 21.6 Å². The molecule has 0 fully saturated rings. The van der Waals surface area contributed by atoms with Crippen molar-refractivity contribution in [3.05, 3.63) is 76.0 Å². The van der Waals surface area contributed by atoms with Gasteiger partial charge in [0.25, 0.3) is 5.69 Å². The largest absolute Gasteiger partial charge is 0.396 e. The molecule has 2 N–H and O–H groups in total. The van der Waals surface area contributed by atoms with Crippen molar-refractivity contribution in [2.45, 2.75) is 12.3 Å². The highest BCUT2D eigenvalue weighted by Crippen LogP contribution is 2.37. The van der Waals surface area contributed by atoms with E-state index in [2.05, 4.69) is 4.98 Å². The Kier molecular flexibility index (Phi) is 3.89. The SMILES string of the molecule is O=[N+]([O-])c1cccc2[nH]cc(C(CCO)c3ccccc3)c12. The van der Waals surface area contributed by atoms with Gasteiger partial charge in [0.1, 0.15) is 0 Å². The van der Waals surface area contributed by atoms with Crippen molar-refractivity contribution in [3.8, 4) is 0 Å². The smallest absolute Gasteiger partial charge is 0.279 e. The van der Waals surface area contributed by atoms with Crippen LogP contribution in [0.15, 0.2) is 54.7 Å². The summed E-state index contributed by atoms with van der Waals surface area (Å²) >= 11 is 0. The second-order valence-corrected chi connectivity index (χ2v) is 5.18. The van der Waals surface area contributed by atoms with E-state index in [-0.39, 0.29) is 23.1 Å². The summed E-state index contributed by atoms with van der Waals surface area (Å²) in [5.41, 5.74) is 2.72. The van der Waals surface area contributed by atoms with Gasteiger partial charge >= 0.3 is 0 Å². The monoisotopic (exact) mass is 296 g/mol. The van der Waals surface area contributed by atoms with Crippen molar-refractivity contribution in [1.29, 1.82) is 0 Å². The van der Waals surface area contributed by atoms with Gasteiger partial charge in [-0.05, 0) is 23.6 Å². The minimum absolute atomic E-state index is 0.0207. The second kappa shape index (κ2) is 5.99. The van der Waals surface area contributed by atoms with Crippen LogP contribution in [0.2, 0.25) is 0 Å². The third kappa shape index (κ3) is 2.46. The predicted octanol–water partition coefficient (Wildman–Crippen LogP) is 3.59. The fourth-order valence-corrected chi connectivity index (χ4v) is 2.93. The third-order valence-corrected chi connectivity index (χ3v) is 3.91. The van der Waals surface area contributed by atoms with Crippen molar-refractivity contribution in [2.75, 3.05) is 6.61 Å². The summed E-state index contributed by atoms with van der Waals surface area (Å²) in [6.45, 7) is 0.0207. The molecule has 0 radical (unpaired) electrons. The first-order chi connectivity index (χ1) is 10.7. The van der Waals surface area contributed by atoms with Gasteiger partial charge in [-0.1, -0.05) is 36.4 Å². The molecule has 1 unspecified atom stereocenters. The van der Waals surface area contributed by atoms with Gasteiger partial charge in [0.2, 0.25) is 0 Å². The number of fused-ring (bicyclic) bond motifs is 1. The molecule has 22 heavy (non-hydrogen) atoms. The first kappa shape index (κ1) is 14.3. The highest BCUT2D eigenvalue weighted by Gasteiger charge is 2.23. The summed E-state index contributed by atoms with van der Waals surface area (Å²) in [7, 11) is 0. The zero-order valence-electron chi connectivity index (χ0n) is 11.9. The number of aromatic nitrogens is 1. The molecule has 1 aromatic heterocycles. The maximum absolute atomic E-state index is 11.3. The minimum Gasteiger partial charge on any atom is -0.396 e. The fraction of sp³-hybridized carbons (Fsp3) is 0.176. The zero-order valence-corrected chi connectivity index (χ0v) is 11.9. The number of nitro groups is 1. The number of rotatable bonds is 5. The van der Waals surface area contributed by atoms with Gasteiger partial charge in [0.05, 0.1) is 15.8 Å². The van der Waals surface area contributed by atoms with E-state index >= 15 is 0 Å². The molecule has 1 heterocycles. The van der Waals surface area contributed by atoms with Crippen LogP contribution >= 0.6 is 0 Å². The number of hydrogen-bond acceptors (Lipinski definition) is 3. The van der Waals surface area contributed by atoms with E-state index in [1.165, 1.54) is 6.07 Å². The van der Waals surface area contributed by atoms with Crippen LogP contribution in [0.1, 0.15) is 23.5 Å². The molecule has 5 nitrogen and oxygen atoms in total. The highest BCUT2D eigenvalue weighted by atomic mass is 16.6. The number of benzene rings is 2. The average Bonchev–Trinajstić information content (AvgIpc) is 2.97. The average molecular weight is 296 g/mol. The summed E-state index contributed by atoms with van der Waals surface area (Å²) in [6, 6.07) is 14.8. The Morgan fingerprint density at radius 2 is 1.91 bits per heavy atom. The molecule has 0 saturated heterocycles. The lowest BCUT2D eigenvalue weighted by atomic mass is 9.88. The molecule has 0 aliphatic carbocycles. The number of aliphatic hydroxyl groups excluding tert-OH is 1. The Bertz CT molecular complexity index is 796. The fourth-order valence-electron chi connectivity index (χ4n) is 2.93. The van der Waals surface area contributed by atoms with E-state index in [0.717, 1.165) is 16.6 Å². The van der Waals surface area contributed by atoms with Gasteiger partial charge in [-0.15, -0.1) is 0 Å². The van der Waals surface area contributed by atoms with E-state index in [0.29, 0.717) is 11.8 Å². The van der Waals surface area contributed by atoms with Crippen molar-refractivity contribution < 1.29 is 10.0 Å². The molecule has 1 atom stereocenters. The van der Waals surface area contributed by atoms with Crippen LogP contribution in [0.5, 0.6) is 0 Å². The standard InChI is InChI=1S/C17H16N2O3/c20-10-9-13(12-5-2-1-3-6-12)14-11-18-15-7-4-8-16(17(14)15)19(21)22/h1-8,11,13,18,20H,9-10H2. The predicted molar refractivity (Wildman–Crippen MR) is 84.9 cm³/mol. The van der Waals surface area contributed by atoms with E-state index in [4.69, 9.17) is 0 Å². The van der Waals surface area contributed by atoms with Gasteiger partial charge in [0, 0.05) is 24.8 Å². The van der Waals surface area contributed by atoms with Gasteiger partial charge in [-0.3, -0.25) is 10.1 Å². The molecule has 3 rings (SSSR count). The first-order valence-corrected chi connectivity index (χ1v) is 7.12. The molecule has 0 aliphatic rings. The number of aromatic amines is 1. The molecule has 0 amide bonds. The third-order valence-electron chi connectivity index (χ3n) is 3.91. The molecular formula is C17H16N2O3. The second-order valence-electron chi connectivity index (χ2n) is 5.18. The number of aliphatic hydroxyl groups is 1. The van der Waals surface area contributed by atoms with Crippen molar-refractivity contribution >= 4 is 16.6 Å². The van der Waals surface area contributed by atoms with Crippen molar-refractivity contribution in [3.63, 3.8) is 0 Å². The lowest BCUT2D eigenvalue weighted by Gasteiger charge is -2.15. The Balaban J connectivity index is 2.20. The molecule has 3 aromatic rings. The molecule has 5 heteroatoms. The molecule has 0 aliphatic heterocycles. The van der Waals surface area contributed by atoms with E-state index in [9.17, 15) is 15.2 Å². The van der Waals surface area contributed by atoms with Crippen molar-refractivity contribution in [2.24, 2.45) is 0 Å². The number of hydrogen-bond donors (Lipinski definition) is 2. The summed E-state index contributed by atoms with van der Waals surface area (Å²) in [5.74, 6) is -0.0824. The van der Waals surface area contributed by atoms with Crippen LogP contribution in [0, 0.1) is 10.1 Å². The summed E-state index contributed by atoms with van der Waals surface area (Å²) in [4.78, 5) is 14.1. The van der Waals surface area contributed by atoms with E-state index in [1.807, 2.05) is 42.6 Å². The van der Waals surface area contributed by atoms with Crippen LogP contribution in [0.25, 0.3) is 10.9 Å². The maximum atomic E-state index is 11.3. The lowest BCUT2D eigenvalue weighted by molar-refractivity contribution is -0.383. The minimum atomic E-state index is -0.360. The maximum Gasteiger partial charge on any atom is 0.279 e. The number of nitrogens with one attached hydrogen (secondary N) is 1. The number of H-pyrrole nitrogens is 1. The molecule has 2 aromatic carbocycles. The Morgan fingerprint density at radius 1 is 1.14 bits per heavy atom. The van der Waals surface area contributed by atoms with Gasteiger partial charge in [-0.2, -0.15) is 0 Å². The number of non-ortho nitro benzene ring substituents is 1. The van der Waals surface area contributed by atoms with E-state index < -0.39 is 0 Å². The highest BCUT2D eigenvalue weighted by molar-refractivity contribution is 5.92. The Hall–Kier alpha value is -2.66. The summed E-state index contributed by atoms with van der Waals surface area (Å²) < 4.78 is 0. The summed E-state index contributed by atoms with van der Waals surface area (Å²) in [6.07, 6.45) is 2.33. The lowest BCUT2D eigenvalue weighted by Crippen LogP contribution is -2.04. The van der Waals surface area contributed by atoms with Crippen LogP contribution < -0.4 is 0 Å². The first-order valence-electron chi connectivity index (χ1n) is 7.12. The summed E-state index contributed by atoms with van der Waals surface area (Å²) in [5, 5.41) is 21.3. The number of nitro benzene ring substituents is 1. The van der Waals surface area contributed by atoms with Gasteiger partial charge in [0.15, 0.2) is 0 Å². The van der Waals surface area contributed by atoms with Crippen LogP contribution in [0.3, 0.4) is 0 Å². The Morgan fingerprint density at radius 3 is 2.59 bits per heavy atom. The zero-order chi connectivity index (χ0) is 15.5. The molecular weight excluding hydrogens is 280 g/mol. The molecule has 0 spiro atoms. The van der Waals surface area contributed by atoms with Crippen LogP contribution in [-0.2, 0) is 0 Å². The van der Waals surface area contributed by atoms with E-state index in [1.54, 1.807) is 6.07 Å². The number of nitrogens with zero attached hydrogens (tertiary/aromatic N) is 1. The molecule has 0 bridgehead atoms. The van der Waals surface area contributed by atoms with Gasteiger partial charge in [-0.25, -0.2) is 0 Å². The Labute approximate surface area is 127 Å². The van der Waals surface area contributed by atoms with Crippen LogP contribution in [0.4, 0.5) is 5.69 Å². The normalized spacial score (nSPS) is 12.4. The molecule has 0 saturated carbocycles. The quantitative estimate of drug-likeness (QED) is 0.558. The van der Waals surface area contributed by atoms with Crippen molar-refractivity contribution in [1.82, 2.24) is 4.98 Å².